The topological polar surface area (TPSA) is 56.3 Å². The lowest BCUT2D eigenvalue weighted by atomic mass is 10.0. The number of nitrogens with zero attached hydrogens (tertiary/aromatic N) is 3. The van der Waals surface area contributed by atoms with E-state index in [2.05, 4.69) is 27.4 Å². The maximum Gasteiger partial charge on any atom is 0.201 e. The van der Waals surface area contributed by atoms with Gasteiger partial charge in [-0.15, -0.1) is 0 Å². The molecule has 0 unspecified atom stereocenters. The number of imidazole rings is 1. The number of nitrogens with two attached hydrogens (primary N) is 1. The second-order valence-corrected chi connectivity index (χ2v) is 5.77. The molecule has 1 fully saturated rings. The van der Waals surface area contributed by atoms with Gasteiger partial charge in [-0.2, -0.15) is 0 Å². The molecule has 0 spiro atoms. The molecule has 1 saturated heterocycles. The Balaban J connectivity index is 1.85. The minimum Gasteiger partial charge on any atom is -0.497 e. The Hall–Kier alpha value is -1.75. The first-order valence-electron chi connectivity index (χ1n) is 7.76. The van der Waals surface area contributed by atoms with Crippen LogP contribution in [0.5, 0.6) is 5.75 Å². The summed E-state index contributed by atoms with van der Waals surface area (Å²) >= 11 is 0. The van der Waals surface area contributed by atoms with Gasteiger partial charge >= 0.3 is 0 Å². The molecule has 21 heavy (non-hydrogen) atoms. The molecule has 2 N–H and O–H groups in total. The highest BCUT2D eigenvalue weighted by atomic mass is 16.5. The third kappa shape index (κ3) is 2.70. The Morgan fingerprint density at radius 3 is 2.76 bits per heavy atom. The van der Waals surface area contributed by atoms with E-state index in [4.69, 9.17) is 10.5 Å². The van der Waals surface area contributed by atoms with Crippen molar-refractivity contribution in [2.45, 2.75) is 32.2 Å². The van der Waals surface area contributed by atoms with Crippen molar-refractivity contribution in [3.05, 3.63) is 18.2 Å². The normalized spacial score (nSPS) is 17.4. The smallest absolute Gasteiger partial charge is 0.201 e. The number of likely N-dealkylation sites (tertiary alicyclic amines) is 1. The zero-order valence-corrected chi connectivity index (χ0v) is 12.9. The van der Waals surface area contributed by atoms with Crippen molar-refractivity contribution >= 4 is 17.0 Å². The number of piperidine rings is 1. The number of ether oxygens (including phenoxy) is 1. The van der Waals surface area contributed by atoms with Crippen LogP contribution in [0.4, 0.5) is 5.95 Å². The van der Waals surface area contributed by atoms with Crippen molar-refractivity contribution in [1.29, 1.82) is 0 Å². The summed E-state index contributed by atoms with van der Waals surface area (Å²) in [4.78, 5) is 7.04. The lowest BCUT2D eigenvalue weighted by Gasteiger charge is -2.33. The van der Waals surface area contributed by atoms with Crippen LogP contribution >= 0.6 is 0 Å². The summed E-state index contributed by atoms with van der Waals surface area (Å²) in [5.41, 5.74) is 8.20. The van der Waals surface area contributed by atoms with Crippen LogP contribution in [-0.2, 0) is 0 Å². The molecule has 3 rings (SSSR count). The molecule has 0 atom stereocenters. The van der Waals surface area contributed by atoms with E-state index in [0.717, 1.165) is 42.7 Å². The summed E-state index contributed by atoms with van der Waals surface area (Å²) in [5, 5.41) is 0. The molecule has 0 amide bonds. The van der Waals surface area contributed by atoms with Crippen LogP contribution in [0.25, 0.3) is 11.0 Å². The molecule has 1 aromatic heterocycles. The van der Waals surface area contributed by atoms with Crippen LogP contribution in [0.2, 0.25) is 0 Å². The highest BCUT2D eigenvalue weighted by Crippen LogP contribution is 2.31. The van der Waals surface area contributed by atoms with E-state index in [0.29, 0.717) is 12.0 Å². The first-order valence-corrected chi connectivity index (χ1v) is 7.76. The minimum atomic E-state index is 0.455. The summed E-state index contributed by atoms with van der Waals surface area (Å²) in [6.45, 7) is 5.73. The maximum atomic E-state index is 6.17. The van der Waals surface area contributed by atoms with Crippen molar-refractivity contribution < 1.29 is 4.74 Å². The molecule has 0 aliphatic carbocycles. The van der Waals surface area contributed by atoms with Crippen molar-refractivity contribution in [3.8, 4) is 5.75 Å². The molecule has 5 nitrogen and oxygen atoms in total. The van der Waals surface area contributed by atoms with Crippen molar-refractivity contribution in [3.63, 3.8) is 0 Å². The van der Waals surface area contributed by atoms with E-state index in [-0.39, 0.29) is 0 Å². The molecule has 1 aromatic carbocycles. The fraction of sp³-hybridized carbons (Fsp3) is 0.562. The first kappa shape index (κ1) is 14.2. The molecule has 5 heteroatoms. The highest BCUT2D eigenvalue weighted by Gasteiger charge is 2.23. The second kappa shape index (κ2) is 5.93. The first-order chi connectivity index (χ1) is 10.2. The molecule has 0 bridgehead atoms. The van der Waals surface area contributed by atoms with Gasteiger partial charge in [0.1, 0.15) is 5.75 Å². The average molecular weight is 288 g/mol. The molecular formula is C16H24N4O. The summed E-state index contributed by atoms with van der Waals surface area (Å²) < 4.78 is 7.47. The van der Waals surface area contributed by atoms with Gasteiger partial charge in [-0.25, -0.2) is 4.98 Å². The Kier molecular flexibility index (Phi) is 4.01. The van der Waals surface area contributed by atoms with Gasteiger partial charge in [0.15, 0.2) is 0 Å². The van der Waals surface area contributed by atoms with E-state index in [9.17, 15) is 0 Å². The highest BCUT2D eigenvalue weighted by molar-refractivity contribution is 5.80. The van der Waals surface area contributed by atoms with Crippen molar-refractivity contribution in [2.24, 2.45) is 0 Å². The van der Waals surface area contributed by atoms with Gasteiger partial charge < -0.3 is 19.9 Å². The number of benzene rings is 1. The van der Waals surface area contributed by atoms with Gasteiger partial charge in [0.2, 0.25) is 5.95 Å². The number of hydrogen-bond acceptors (Lipinski definition) is 4. The minimum absolute atomic E-state index is 0.455. The standard InChI is InChI=1S/C16H24N4O/c1-3-8-19-9-6-12(7-10-19)20-15-5-4-13(21-2)11-14(15)18-16(20)17/h4-5,11-12H,3,6-10H2,1-2H3,(H2,17,18). The number of methoxy groups -OCH3 is 1. The number of rotatable bonds is 4. The van der Waals surface area contributed by atoms with E-state index < -0.39 is 0 Å². The van der Waals surface area contributed by atoms with Crippen molar-refractivity contribution in [2.75, 3.05) is 32.5 Å². The van der Waals surface area contributed by atoms with Gasteiger partial charge in [0.05, 0.1) is 18.1 Å². The lowest BCUT2D eigenvalue weighted by Crippen LogP contribution is -2.35. The summed E-state index contributed by atoms with van der Waals surface area (Å²) in [6.07, 6.45) is 3.50. The third-order valence-electron chi connectivity index (χ3n) is 4.39. The molecule has 1 aliphatic rings. The summed E-state index contributed by atoms with van der Waals surface area (Å²) in [5.74, 6) is 1.44. The molecule has 2 heterocycles. The summed E-state index contributed by atoms with van der Waals surface area (Å²) in [6, 6.07) is 6.45. The van der Waals surface area contributed by atoms with Gasteiger partial charge in [-0.3, -0.25) is 0 Å². The zero-order chi connectivity index (χ0) is 14.8. The van der Waals surface area contributed by atoms with Crippen LogP contribution < -0.4 is 10.5 Å². The van der Waals surface area contributed by atoms with E-state index in [1.54, 1.807) is 7.11 Å². The Morgan fingerprint density at radius 2 is 2.10 bits per heavy atom. The van der Waals surface area contributed by atoms with E-state index >= 15 is 0 Å². The molecule has 0 saturated carbocycles. The lowest BCUT2D eigenvalue weighted by molar-refractivity contribution is 0.189. The van der Waals surface area contributed by atoms with Gasteiger partial charge in [0.25, 0.3) is 0 Å². The van der Waals surface area contributed by atoms with Gasteiger partial charge in [-0.1, -0.05) is 6.92 Å². The monoisotopic (exact) mass is 288 g/mol. The number of nitrogen functional groups attached to an aromatic ring is 1. The summed E-state index contributed by atoms with van der Waals surface area (Å²) in [7, 11) is 1.67. The Labute approximate surface area is 125 Å². The number of anilines is 1. The van der Waals surface area contributed by atoms with E-state index in [1.165, 1.54) is 13.0 Å². The number of fused-ring (bicyclic) bond motifs is 1. The zero-order valence-electron chi connectivity index (χ0n) is 12.9. The fourth-order valence-electron chi connectivity index (χ4n) is 3.33. The van der Waals surface area contributed by atoms with Crippen molar-refractivity contribution in [1.82, 2.24) is 14.5 Å². The SMILES string of the molecule is CCCN1CCC(n2c(N)nc3cc(OC)ccc32)CC1. The predicted molar refractivity (Wildman–Crippen MR) is 85.7 cm³/mol. The maximum absolute atomic E-state index is 6.17. The van der Waals surface area contributed by atoms with Crippen LogP contribution in [0.15, 0.2) is 18.2 Å². The van der Waals surface area contributed by atoms with E-state index in [1.807, 2.05) is 12.1 Å². The van der Waals surface area contributed by atoms with Crippen LogP contribution in [0, 0.1) is 0 Å². The fourth-order valence-corrected chi connectivity index (χ4v) is 3.33. The largest absolute Gasteiger partial charge is 0.497 e. The Bertz CT molecular complexity index is 614. The molecule has 2 aromatic rings. The van der Waals surface area contributed by atoms with Gasteiger partial charge in [0, 0.05) is 25.2 Å². The van der Waals surface area contributed by atoms with Crippen LogP contribution in [0.3, 0.4) is 0 Å². The third-order valence-corrected chi connectivity index (χ3v) is 4.39. The molecule has 0 radical (unpaired) electrons. The number of hydrogen-bond donors (Lipinski definition) is 1. The number of aromatic nitrogens is 2. The average Bonchev–Trinajstić information content (AvgIpc) is 2.83. The second-order valence-electron chi connectivity index (χ2n) is 5.77. The quantitative estimate of drug-likeness (QED) is 0.939. The molecular weight excluding hydrogens is 264 g/mol. The van der Waals surface area contributed by atoms with Crippen LogP contribution in [-0.4, -0.2) is 41.2 Å². The predicted octanol–water partition coefficient (Wildman–Crippen LogP) is 2.67. The van der Waals surface area contributed by atoms with Crippen LogP contribution in [0.1, 0.15) is 32.2 Å². The molecule has 1 aliphatic heterocycles. The Morgan fingerprint density at radius 1 is 1.33 bits per heavy atom. The van der Waals surface area contributed by atoms with Gasteiger partial charge in [-0.05, 0) is 37.9 Å². The molecule has 114 valence electrons.